The van der Waals surface area contributed by atoms with Crippen LogP contribution in [0.4, 0.5) is 0 Å². The summed E-state index contributed by atoms with van der Waals surface area (Å²) in [4.78, 5) is 9.99. The van der Waals surface area contributed by atoms with Crippen molar-refractivity contribution in [2.45, 2.75) is 0 Å². The molecular weight excluding hydrogens is 447 g/mol. The Labute approximate surface area is 186 Å². The standard InChI is InChI=1S/C26H18N4Se/c1-3-11-19(12-4-1)23-25(29-17-9-7-15-21(29)27-23)31-26-24(20-13-5-2-6-14-20)28-22-16-8-10-18-30(22)26/h1-18H. The minimum atomic E-state index is -0.0299. The van der Waals surface area contributed by atoms with Crippen molar-refractivity contribution in [2.75, 3.05) is 0 Å². The fourth-order valence-electron chi connectivity index (χ4n) is 3.80. The zero-order valence-corrected chi connectivity index (χ0v) is 18.3. The first-order valence-corrected chi connectivity index (χ1v) is 11.8. The Kier molecular flexibility index (Phi) is 4.42. The predicted molar refractivity (Wildman–Crippen MR) is 126 cm³/mol. The van der Waals surface area contributed by atoms with Gasteiger partial charge in [-0.3, -0.25) is 0 Å². The van der Waals surface area contributed by atoms with Gasteiger partial charge in [-0.2, -0.15) is 0 Å². The summed E-state index contributed by atoms with van der Waals surface area (Å²) in [6.07, 6.45) is 4.22. The molecule has 0 spiro atoms. The van der Waals surface area contributed by atoms with E-state index in [1.165, 1.54) is 9.18 Å². The molecule has 0 saturated heterocycles. The van der Waals surface area contributed by atoms with Crippen LogP contribution in [0.25, 0.3) is 33.8 Å². The van der Waals surface area contributed by atoms with Crippen LogP contribution in [0.5, 0.6) is 0 Å². The average Bonchev–Trinajstić information content (AvgIpc) is 3.40. The van der Waals surface area contributed by atoms with Crippen LogP contribution in [0.15, 0.2) is 109 Å². The molecule has 0 radical (unpaired) electrons. The van der Waals surface area contributed by atoms with Gasteiger partial charge >= 0.3 is 186 Å². The Morgan fingerprint density at radius 2 is 0.903 bits per heavy atom. The summed E-state index contributed by atoms with van der Waals surface area (Å²) >= 11 is -0.0299. The van der Waals surface area contributed by atoms with Gasteiger partial charge in [-0.15, -0.1) is 0 Å². The molecule has 6 rings (SSSR count). The molecule has 4 aromatic heterocycles. The molecule has 0 unspecified atom stereocenters. The van der Waals surface area contributed by atoms with Crippen LogP contribution in [0.2, 0.25) is 0 Å². The fraction of sp³-hybridized carbons (Fsp3) is 0. The Morgan fingerprint density at radius 3 is 1.35 bits per heavy atom. The van der Waals surface area contributed by atoms with Gasteiger partial charge in [-0.1, -0.05) is 0 Å². The van der Waals surface area contributed by atoms with Crippen molar-refractivity contribution in [3.8, 4) is 22.5 Å². The number of aromatic nitrogens is 4. The molecule has 0 atom stereocenters. The van der Waals surface area contributed by atoms with E-state index in [0.717, 1.165) is 33.8 Å². The van der Waals surface area contributed by atoms with Gasteiger partial charge in [0, 0.05) is 0 Å². The molecule has 0 bridgehead atoms. The van der Waals surface area contributed by atoms with Crippen LogP contribution in [0.1, 0.15) is 0 Å². The maximum absolute atomic E-state index is 4.99. The van der Waals surface area contributed by atoms with E-state index >= 15 is 0 Å². The molecule has 2 aromatic carbocycles. The summed E-state index contributed by atoms with van der Waals surface area (Å²) in [7, 11) is 0. The molecule has 6 aromatic rings. The molecule has 5 heteroatoms. The molecule has 4 nitrogen and oxygen atoms in total. The summed E-state index contributed by atoms with van der Waals surface area (Å²) in [6.45, 7) is 0. The second kappa shape index (κ2) is 7.55. The van der Waals surface area contributed by atoms with Crippen LogP contribution in [0.3, 0.4) is 0 Å². The summed E-state index contributed by atoms with van der Waals surface area (Å²) in [5.74, 6) is 0. The van der Waals surface area contributed by atoms with Gasteiger partial charge in [-0.05, 0) is 0 Å². The summed E-state index contributed by atoms with van der Waals surface area (Å²) in [5, 5.41) is 0. The molecule has 31 heavy (non-hydrogen) atoms. The van der Waals surface area contributed by atoms with Crippen molar-refractivity contribution < 1.29 is 0 Å². The molecule has 0 aliphatic heterocycles. The van der Waals surface area contributed by atoms with Gasteiger partial charge in [0.1, 0.15) is 0 Å². The molecular formula is C26H18N4Se. The molecule has 0 fully saturated rings. The first-order valence-electron chi connectivity index (χ1n) is 10.1. The third-order valence-electron chi connectivity index (χ3n) is 5.26. The van der Waals surface area contributed by atoms with Crippen LogP contribution in [-0.4, -0.2) is 33.7 Å². The Bertz CT molecular complexity index is 1390. The van der Waals surface area contributed by atoms with Crippen LogP contribution in [0, 0.1) is 0 Å². The van der Waals surface area contributed by atoms with E-state index in [2.05, 4.69) is 94.0 Å². The predicted octanol–water partition coefficient (Wildman–Crippen LogP) is 3.97. The van der Waals surface area contributed by atoms with Crippen molar-refractivity contribution in [2.24, 2.45) is 0 Å². The molecule has 0 aliphatic carbocycles. The van der Waals surface area contributed by atoms with Gasteiger partial charge < -0.3 is 0 Å². The van der Waals surface area contributed by atoms with Crippen molar-refractivity contribution in [1.82, 2.24) is 18.8 Å². The number of nitrogens with zero attached hydrogens (tertiary/aromatic N) is 4. The van der Waals surface area contributed by atoms with Crippen LogP contribution in [-0.2, 0) is 0 Å². The Hall–Kier alpha value is -3.66. The number of benzene rings is 2. The van der Waals surface area contributed by atoms with Gasteiger partial charge in [0.25, 0.3) is 0 Å². The van der Waals surface area contributed by atoms with E-state index in [4.69, 9.17) is 9.97 Å². The van der Waals surface area contributed by atoms with Gasteiger partial charge in [0.15, 0.2) is 0 Å². The molecule has 0 amide bonds. The number of hydrogen-bond acceptors (Lipinski definition) is 2. The van der Waals surface area contributed by atoms with Crippen LogP contribution >= 0.6 is 0 Å². The second-order valence-electron chi connectivity index (χ2n) is 7.22. The van der Waals surface area contributed by atoms with Crippen molar-refractivity contribution in [3.63, 3.8) is 0 Å². The molecule has 0 saturated carbocycles. The van der Waals surface area contributed by atoms with Gasteiger partial charge in [0.05, 0.1) is 0 Å². The maximum atomic E-state index is 4.99. The monoisotopic (exact) mass is 466 g/mol. The van der Waals surface area contributed by atoms with Crippen molar-refractivity contribution in [3.05, 3.63) is 109 Å². The SMILES string of the molecule is c1ccc(-c2nc3ccccn3c2[Se]c2c(-c3ccccc3)nc3ccccn23)cc1. The number of pyridine rings is 2. The fourth-order valence-corrected chi connectivity index (χ4v) is 6.34. The van der Waals surface area contributed by atoms with E-state index in [1.807, 2.05) is 24.3 Å². The Morgan fingerprint density at radius 1 is 0.484 bits per heavy atom. The Balaban J connectivity index is 1.60. The number of fused-ring (bicyclic) bond motifs is 2. The van der Waals surface area contributed by atoms with Crippen LogP contribution < -0.4 is 9.18 Å². The molecule has 0 aliphatic rings. The third kappa shape index (κ3) is 3.15. The quantitative estimate of drug-likeness (QED) is 0.370. The topological polar surface area (TPSA) is 34.6 Å². The van der Waals surface area contributed by atoms with Gasteiger partial charge in [0.2, 0.25) is 0 Å². The number of imidazole rings is 2. The van der Waals surface area contributed by atoms with Crippen molar-refractivity contribution in [1.29, 1.82) is 0 Å². The molecule has 0 N–H and O–H groups in total. The zero-order chi connectivity index (χ0) is 20.6. The van der Waals surface area contributed by atoms with E-state index in [1.54, 1.807) is 0 Å². The first kappa shape index (κ1) is 18.1. The second-order valence-corrected chi connectivity index (χ2v) is 9.27. The van der Waals surface area contributed by atoms with Gasteiger partial charge in [-0.25, -0.2) is 0 Å². The van der Waals surface area contributed by atoms with Crippen molar-refractivity contribution >= 4 is 35.4 Å². The zero-order valence-electron chi connectivity index (χ0n) is 16.6. The summed E-state index contributed by atoms with van der Waals surface area (Å²) < 4.78 is 6.88. The minimum absolute atomic E-state index is 0.0299. The molecule has 4 heterocycles. The normalized spacial score (nSPS) is 11.4. The molecule has 148 valence electrons. The third-order valence-corrected chi connectivity index (χ3v) is 7.71. The number of hydrogen-bond donors (Lipinski definition) is 0. The average molecular weight is 465 g/mol. The summed E-state index contributed by atoms with van der Waals surface area (Å²) in [5.41, 5.74) is 6.28. The van der Waals surface area contributed by atoms with E-state index in [0.29, 0.717) is 0 Å². The van der Waals surface area contributed by atoms with E-state index in [9.17, 15) is 0 Å². The van der Waals surface area contributed by atoms with E-state index < -0.39 is 0 Å². The summed E-state index contributed by atoms with van der Waals surface area (Å²) in [6, 6.07) is 33.2. The first-order chi connectivity index (χ1) is 15.4. The van der Waals surface area contributed by atoms with E-state index in [-0.39, 0.29) is 15.0 Å². The number of rotatable bonds is 4.